The number of fused-ring (bicyclic) bond motifs is 1. The summed E-state index contributed by atoms with van der Waals surface area (Å²) in [4.78, 5) is 6.13. The summed E-state index contributed by atoms with van der Waals surface area (Å²) in [5.74, 6) is 0.866. The Labute approximate surface area is 98.2 Å². The first-order valence-corrected chi connectivity index (χ1v) is 5.63. The number of hydrogen-bond acceptors (Lipinski definition) is 5. The van der Waals surface area contributed by atoms with E-state index in [-0.39, 0.29) is 12.6 Å². The number of ether oxygens (including phenoxy) is 1. The summed E-state index contributed by atoms with van der Waals surface area (Å²) in [7, 11) is 0. The Hall–Kier alpha value is -1.66. The Balaban J connectivity index is 2.01. The highest BCUT2D eigenvalue weighted by Crippen LogP contribution is 2.25. The second-order valence-electron chi connectivity index (χ2n) is 4.07. The Morgan fingerprint density at radius 1 is 1.59 bits per heavy atom. The Kier molecular flexibility index (Phi) is 2.66. The van der Waals surface area contributed by atoms with Gasteiger partial charge >= 0.3 is 0 Å². The van der Waals surface area contributed by atoms with Gasteiger partial charge in [0, 0.05) is 18.1 Å². The molecule has 0 amide bonds. The normalized spacial score (nSPS) is 21.0. The van der Waals surface area contributed by atoms with Crippen LogP contribution >= 0.6 is 0 Å². The SMILES string of the molecule is OC[C@@H]1COCCN1c1n[nH]c2cnccc12. The van der Waals surface area contributed by atoms with E-state index in [0.717, 1.165) is 23.3 Å². The molecule has 0 aliphatic carbocycles. The van der Waals surface area contributed by atoms with Gasteiger partial charge in [0.2, 0.25) is 0 Å². The van der Waals surface area contributed by atoms with Crippen LogP contribution in [0.3, 0.4) is 0 Å². The third-order valence-electron chi connectivity index (χ3n) is 3.05. The first-order valence-electron chi connectivity index (χ1n) is 5.63. The largest absolute Gasteiger partial charge is 0.394 e. The standard InChI is InChI=1S/C11H14N4O2/c16-6-8-7-17-4-3-15(8)11-9-1-2-12-5-10(9)13-14-11/h1-2,5,8,16H,3-4,6-7H2,(H,13,14)/t8-/m1/s1. The minimum Gasteiger partial charge on any atom is -0.394 e. The van der Waals surface area contributed by atoms with Crippen molar-refractivity contribution in [2.45, 2.75) is 6.04 Å². The van der Waals surface area contributed by atoms with Crippen LogP contribution in [0.25, 0.3) is 10.9 Å². The molecule has 2 aromatic rings. The van der Waals surface area contributed by atoms with Crippen molar-refractivity contribution in [3.63, 3.8) is 0 Å². The van der Waals surface area contributed by atoms with Gasteiger partial charge in [-0.15, -0.1) is 0 Å². The van der Waals surface area contributed by atoms with Gasteiger partial charge in [-0.05, 0) is 6.07 Å². The molecule has 1 aliphatic heterocycles. The van der Waals surface area contributed by atoms with E-state index < -0.39 is 0 Å². The maximum atomic E-state index is 9.36. The third-order valence-corrected chi connectivity index (χ3v) is 3.05. The molecule has 1 saturated heterocycles. The van der Waals surface area contributed by atoms with Crippen molar-refractivity contribution in [3.05, 3.63) is 18.5 Å². The van der Waals surface area contributed by atoms with Gasteiger partial charge in [-0.3, -0.25) is 10.1 Å². The third kappa shape index (κ3) is 1.75. The molecular formula is C11H14N4O2. The second-order valence-corrected chi connectivity index (χ2v) is 4.07. The maximum absolute atomic E-state index is 9.36. The first-order chi connectivity index (χ1) is 8.40. The summed E-state index contributed by atoms with van der Waals surface area (Å²) >= 11 is 0. The summed E-state index contributed by atoms with van der Waals surface area (Å²) in [5.41, 5.74) is 0.908. The van der Waals surface area contributed by atoms with Gasteiger partial charge in [0.1, 0.15) is 0 Å². The van der Waals surface area contributed by atoms with Crippen molar-refractivity contribution in [2.24, 2.45) is 0 Å². The molecule has 6 nitrogen and oxygen atoms in total. The predicted molar refractivity (Wildman–Crippen MR) is 62.9 cm³/mol. The average molecular weight is 234 g/mol. The maximum Gasteiger partial charge on any atom is 0.158 e. The van der Waals surface area contributed by atoms with Crippen molar-refractivity contribution in [3.8, 4) is 0 Å². The number of hydrogen-bond donors (Lipinski definition) is 2. The summed E-state index contributed by atoms with van der Waals surface area (Å²) in [5, 5.41) is 17.7. The number of aliphatic hydroxyl groups is 1. The van der Waals surface area contributed by atoms with Crippen molar-refractivity contribution in [1.29, 1.82) is 0 Å². The van der Waals surface area contributed by atoms with Gasteiger partial charge in [-0.1, -0.05) is 0 Å². The topological polar surface area (TPSA) is 74.3 Å². The zero-order valence-corrected chi connectivity index (χ0v) is 9.33. The number of H-pyrrole nitrogens is 1. The number of aliphatic hydroxyl groups excluding tert-OH is 1. The van der Waals surface area contributed by atoms with Crippen LogP contribution in [0.4, 0.5) is 5.82 Å². The fourth-order valence-electron chi connectivity index (χ4n) is 2.16. The lowest BCUT2D eigenvalue weighted by atomic mass is 10.2. The summed E-state index contributed by atoms with van der Waals surface area (Å²) in [6.07, 6.45) is 3.50. The van der Waals surface area contributed by atoms with Gasteiger partial charge in [0.05, 0.1) is 37.6 Å². The van der Waals surface area contributed by atoms with E-state index in [0.29, 0.717) is 13.2 Å². The fraction of sp³-hybridized carbons (Fsp3) is 0.455. The van der Waals surface area contributed by atoms with Crippen LogP contribution in [0.1, 0.15) is 0 Å². The number of pyridine rings is 1. The number of aromatic amines is 1. The van der Waals surface area contributed by atoms with Crippen LogP contribution in [0, 0.1) is 0 Å². The molecule has 2 N–H and O–H groups in total. The lowest BCUT2D eigenvalue weighted by Crippen LogP contribution is -2.47. The number of rotatable bonds is 2. The molecule has 0 bridgehead atoms. The van der Waals surface area contributed by atoms with Gasteiger partial charge in [0.15, 0.2) is 5.82 Å². The van der Waals surface area contributed by atoms with Crippen molar-refractivity contribution in [2.75, 3.05) is 31.3 Å². The zero-order valence-electron chi connectivity index (χ0n) is 9.33. The highest BCUT2D eigenvalue weighted by molar-refractivity contribution is 5.89. The molecule has 0 spiro atoms. The van der Waals surface area contributed by atoms with E-state index in [1.807, 2.05) is 6.07 Å². The van der Waals surface area contributed by atoms with Crippen molar-refractivity contribution < 1.29 is 9.84 Å². The van der Waals surface area contributed by atoms with Gasteiger partial charge < -0.3 is 14.7 Å². The lowest BCUT2D eigenvalue weighted by Gasteiger charge is -2.34. The van der Waals surface area contributed by atoms with E-state index in [1.165, 1.54) is 0 Å². The van der Waals surface area contributed by atoms with Crippen LogP contribution in [0.5, 0.6) is 0 Å². The van der Waals surface area contributed by atoms with Gasteiger partial charge in [-0.25, -0.2) is 0 Å². The first kappa shape index (κ1) is 10.5. The summed E-state index contributed by atoms with van der Waals surface area (Å²) in [6.45, 7) is 2.01. The van der Waals surface area contributed by atoms with Gasteiger partial charge in [0.25, 0.3) is 0 Å². The van der Waals surface area contributed by atoms with E-state index in [9.17, 15) is 5.11 Å². The van der Waals surface area contributed by atoms with Crippen LogP contribution < -0.4 is 4.90 Å². The average Bonchev–Trinajstić information content (AvgIpc) is 2.82. The number of nitrogens with one attached hydrogen (secondary N) is 1. The van der Waals surface area contributed by atoms with E-state index >= 15 is 0 Å². The molecule has 17 heavy (non-hydrogen) atoms. The Morgan fingerprint density at radius 2 is 2.53 bits per heavy atom. The Morgan fingerprint density at radius 3 is 3.41 bits per heavy atom. The molecule has 1 fully saturated rings. The monoisotopic (exact) mass is 234 g/mol. The summed E-state index contributed by atoms with van der Waals surface area (Å²) < 4.78 is 5.36. The fourth-order valence-corrected chi connectivity index (χ4v) is 2.16. The molecular weight excluding hydrogens is 220 g/mol. The van der Waals surface area contributed by atoms with Crippen LogP contribution in [0.2, 0.25) is 0 Å². The smallest absolute Gasteiger partial charge is 0.158 e. The molecule has 3 rings (SSSR count). The highest BCUT2D eigenvalue weighted by atomic mass is 16.5. The molecule has 6 heteroatoms. The van der Waals surface area contributed by atoms with Crippen LogP contribution in [-0.2, 0) is 4.74 Å². The summed E-state index contributed by atoms with van der Waals surface area (Å²) in [6, 6.07) is 1.90. The molecule has 2 aromatic heterocycles. The minimum absolute atomic E-state index is 0.0246. The number of anilines is 1. The molecule has 90 valence electrons. The van der Waals surface area contributed by atoms with Crippen LogP contribution in [-0.4, -0.2) is 52.7 Å². The predicted octanol–water partition coefficient (Wildman–Crippen LogP) is 0.155. The minimum atomic E-state index is -0.0246. The number of morpholine rings is 1. The van der Waals surface area contributed by atoms with E-state index in [4.69, 9.17) is 4.74 Å². The van der Waals surface area contributed by atoms with Crippen molar-refractivity contribution in [1.82, 2.24) is 15.2 Å². The number of nitrogens with zero attached hydrogens (tertiary/aromatic N) is 3. The molecule has 0 aromatic carbocycles. The van der Waals surface area contributed by atoms with E-state index in [2.05, 4.69) is 20.1 Å². The van der Waals surface area contributed by atoms with Crippen LogP contribution in [0.15, 0.2) is 18.5 Å². The molecule has 1 aliphatic rings. The highest BCUT2D eigenvalue weighted by Gasteiger charge is 2.25. The second kappa shape index (κ2) is 4.31. The molecule has 0 unspecified atom stereocenters. The lowest BCUT2D eigenvalue weighted by molar-refractivity contribution is 0.0724. The van der Waals surface area contributed by atoms with E-state index in [1.54, 1.807) is 12.4 Å². The number of aromatic nitrogens is 3. The zero-order chi connectivity index (χ0) is 11.7. The quantitative estimate of drug-likeness (QED) is 0.774. The molecule has 3 heterocycles. The Bertz CT molecular complexity index is 513. The molecule has 0 saturated carbocycles. The molecule has 0 radical (unpaired) electrons. The molecule has 1 atom stereocenters. The van der Waals surface area contributed by atoms with Gasteiger partial charge in [-0.2, -0.15) is 5.10 Å². The van der Waals surface area contributed by atoms with Crippen molar-refractivity contribution >= 4 is 16.7 Å².